The lowest BCUT2D eigenvalue weighted by atomic mass is 9.76. The lowest BCUT2D eigenvalue weighted by Gasteiger charge is -2.47. The van der Waals surface area contributed by atoms with E-state index in [1.807, 2.05) is 0 Å². The van der Waals surface area contributed by atoms with Crippen LogP contribution >= 0.6 is 0 Å². The molecule has 6 nitrogen and oxygen atoms in total. The van der Waals surface area contributed by atoms with Gasteiger partial charge < -0.3 is 19.1 Å². The van der Waals surface area contributed by atoms with Gasteiger partial charge in [0.05, 0.1) is 20.3 Å². The smallest absolute Gasteiger partial charge is 0.409 e. The second kappa shape index (κ2) is 6.72. The van der Waals surface area contributed by atoms with Crippen molar-refractivity contribution in [2.75, 3.05) is 47.0 Å². The van der Waals surface area contributed by atoms with Crippen LogP contribution in [0.25, 0.3) is 0 Å². The summed E-state index contributed by atoms with van der Waals surface area (Å²) in [6.07, 6.45) is 5.34. The maximum absolute atomic E-state index is 11.3. The summed E-state index contributed by atoms with van der Waals surface area (Å²) < 4.78 is 16.3. The van der Waals surface area contributed by atoms with Crippen LogP contribution in [0.1, 0.15) is 32.1 Å². The van der Waals surface area contributed by atoms with Crippen molar-refractivity contribution in [1.29, 1.82) is 0 Å². The number of hydrogen-bond donors (Lipinski definition) is 0. The van der Waals surface area contributed by atoms with Gasteiger partial charge in [-0.15, -0.1) is 0 Å². The van der Waals surface area contributed by atoms with Gasteiger partial charge in [-0.2, -0.15) is 0 Å². The van der Waals surface area contributed by atoms with Crippen LogP contribution in [-0.4, -0.2) is 74.7 Å². The second-order valence-corrected chi connectivity index (χ2v) is 6.82. The molecule has 0 bridgehead atoms. The molecule has 2 saturated heterocycles. The molecule has 0 aromatic rings. The normalized spacial score (nSPS) is 31.0. The van der Waals surface area contributed by atoms with E-state index in [1.165, 1.54) is 20.0 Å². The van der Waals surface area contributed by atoms with Crippen molar-refractivity contribution < 1.29 is 19.0 Å². The number of nitrogens with zero attached hydrogens (tertiary/aromatic N) is 2. The Morgan fingerprint density at radius 3 is 2.50 bits per heavy atom. The minimum atomic E-state index is -0.261. The Labute approximate surface area is 132 Å². The fourth-order valence-corrected chi connectivity index (χ4v) is 3.87. The molecule has 3 fully saturated rings. The van der Waals surface area contributed by atoms with Crippen molar-refractivity contribution in [3.63, 3.8) is 0 Å². The summed E-state index contributed by atoms with van der Waals surface area (Å²) in [4.78, 5) is 15.6. The van der Waals surface area contributed by atoms with Crippen LogP contribution < -0.4 is 0 Å². The molecule has 22 heavy (non-hydrogen) atoms. The summed E-state index contributed by atoms with van der Waals surface area (Å²) in [5, 5.41) is 0. The van der Waals surface area contributed by atoms with E-state index in [9.17, 15) is 4.79 Å². The Morgan fingerprint density at radius 1 is 1.27 bits per heavy atom. The Hall–Kier alpha value is -0.850. The number of likely N-dealkylation sites (tertiary alicyclic amines) is 1. The van der Waals surface area contributed by atoms with Crippen LogP contribution in [0, 0.1) is 5.92 Å². The first-order valence-corrected chi connectivity index (χ1v) is 8.43. The van der Waals surface area contributed by atoms with Crippen molar-refractivity contribution in [3.8, 4) is 0 Å². The van der Waals surface area contributed by atoms with E-state index in [2.05, 4.69) is 4.90 Å². The summed E-state index contributed by atoms with van der Waals surface area (Å²) in [7, 11) is 3.23. The average molecular weight is 312 g/mol. The van der Waals surface area contributed by atoms with E-state index in [4.69, 9.17) is 14.2 Å². The molecule has 0 unspecified atom stereocenters. The summed E-state index contributed by atoms with van der Waals surface area (Å²) >= 11 is 0. The standard InChI is InChI=1S/C16H28N2O4/c1-17(15(19)20-2)6-3-13-11-14(12-13)18-7-4-16(5-8-18)21-9-10-22-16/h13-14H,3-12H2,1-2H3. The first kappa shape index (κ1) is 16.0. The zero-order valence-corrected chi connectivity index (χ0v) is 13.8. The van der Waals surface area contributed by atoms with E-state index in [0.29, 0.717) is 6.04 Å². The minimum absolute atomic E-state index is 0.242. The second-order valence-electron chi connectivity index (χ2n) is 6.82. The van der Waals surface area contributed by atoms with Crippen LogP contribution in [0.3, 0.4) is 0 Å². The molecular weight excluding hydrogens is 284 g/mol. The molecule has 2 heterocycles. The molecule has 0 aromatic heterocycles. The number of rotatable bonds is 4. The monoisotopic (exact) mass is 312 g/mol. The fraction of sp³-hybridized carbons (Fsp3) is 0.938. The van der Waals surface area contributed by atoms with Gasteiger partial charge in [-0.1, -0.05) is 0 Å². The van der Waals surface area contributed by atoms with E-state index in [0.717, 1.165) is 58.0 Å². The summed E-state index contributed by atoms with van der Waals surface area (Å²) in [6.45, 7) is 4.45. The molecule has 0 radical (unpaired) electrons. The molecule has 2 aliphatic heterocycles. The molecule has 1 saturated carbocycles. The predicted octanol–water partition coefficient (Wildman–Crippen LogP) is 1.69. The van der Waals surface area contributed by atoms with E-state index in [1.54, 1.807) is 11.9 Å². The first-order chi connectivity index (χ1) is 10.6. The summed E-state index contributed by atoms with van der Waals surface area (Å²) in [5.41, 5.74) is 0. The molecule has 1 aliphatic carbocycles. The van der Waals surface area contributed by atoms with Crippen LogP contribution in [0.2, 0.25) is 0 Å². The molecule has 6 heteroatoms. The lowest BCUT2D eigenvalue weighted by molar-refractivity contribution is -0.190. The molecule has 3 rings (SSSR count). The molecule has 0 aromatic carbocycles. The highest BCUT2D eigenvalue weighted by Crippen LogP contribution is 2.38. The Morgan fingerprint density at radius 2 is 1.91 bits per heavy atom. The fourth-order valence-electron chi connectivity index (χ4n) is 3.87. The number of hydrogen-bond acceptors (Lipinski definition) is 5. The highest BCUT2D eigenvalue weighted by atomic mass is 16.7. The Balaban J connectivity index is 1.33. The van der Waals surface area contributed by atoms with Gasteiger partial charge in [-0.3, -0.25) is 4.90 Å². The molecule has 126 valence electrons. The Bertz CT molecular complexity index is 382. The van der Waals surface area contributed by atoms with Crippen LogP contribution in [0.4, 0.5) is 4.79 Å². The summed E-state index contributed by atoms with van der Waals surface area (Å²) in [5.74, 6) is 0.482. The quantitative estimate of drug-likeness (QED) is 0.791. The predicted molar refractivity (Wildman–Crippen MR) is 81.6 cm³/mol. The lowest BCUT2D eigenvalue weighted by Crippen LogP contribution is -2.52. The highest BCUT2D eigenvalue weighted by Gasteiger charge is 2.43. The topological polar surface area (TPSA) is 51.2 Å². The SMILES string of the molecule is COC(=O)N(C)CCC1CC(N2CCC3(CC2)OCCO3)C1. The number of carbonyl (C=O) groups is 1. The Kier molecular flexibility index (Phi) is 4.90. The van der Waals surface area contributed by atoms with Crippen molar-refractivity contribution >= 4 is 6.09 Å². The van der Waals surface area contributed by atoms with Crippen molar-refractivity contribution in [2.45, 2.75) is 43.9 Å². The largest absolute Gasteiger partial charge is 0.453 e. The maximum Gasteiger partial charge on any atom is 0.409 e. The van der Waals surface area contributed by atoms with Crippen molar-refractivity contribution in [1.82, 2.24) is 9.80 Å². The maximum atomic E-state index is 11.3. The number of carbonyl (C=O) groups excluding carboxylic acids is 1. The molecule has 3 aliphatic rings. The van der Waals surface area contributed by atoms with Crippen LogP contribution in [-0.2, 0) is 14.2 Å². The third-order valence-electron chi connectivity index (χ3n) is 5.46. The van der Waals surface area contributed by atoms with Gasteiger partial charge in [-0.25, -0.2) is 4.79 Å². The van der Waals surface area contributed by atoms with Gasteiger partial charge >= 0.3 is 6.09 Å². The van der Waals surface area contributed by atoms with Crippen molar-refractivity contribution in [3.05, 3.63) is 0 Å². The zero-order chi connectivity index (χ0) is 15.6. The van der Waals surface area contributed by atoms with Gasteiger partial charge in [0.25, 0.3) is 0 Å². The number of amides is 1. The third kappa shape index (κ3) is 3.39. The molecule has 0 atom stereocenters. The number of ether oxygens (including phenoxy) is 3. The zero-order valence-electron chi connectivity index (χ0n) is 13.8. The highest BCUT2D eigenvalue weighted by molar-refractivity contribution is 5.66. The minimum Gasteiger partial charge on any atom is -0.453 e. The molecular formula is C16H28N2O4. The van der Waals surface area contributed by atoms with Gasteiger partial charge in [0.1, 0.15) is 0 Å². The molecule has 0 N–H and O–H groups in total. The molecule has 1 spiro atoms. The van der Waals surface area contributed by atoms with Crippen LogP contribution in [0.5, 0.6) is 0 Å². The number of piperidine rings is 1. The molecule has 1 amide bonds. The van der Waals surface area contributed by atoms with E-state index < -0.39 is 0 Å². The summed E-state index contributed by atoms with van der Waals surface area (Å²) in [6, 6.07) is 0.715. The van der Waals surface area contributed by atoms with E-state index in [-0.39, 0.29) is 11.9 Å². The van der Waals surface area contributed by atoms with Gasteiger partial charge in [0.2, 0.25) is 0 Å². The third-order valence-corrected chi connectivity index (χ3v) is 5.46. The van der Waals surface area contributed by atoms with Gasteiger partial charge in [-0.05, 0) is 25.2 Å². The first-order valence-electron chi connectivity index (χ1n) is 8.43. The van der Waals surface area contributed by atoms with E-state index >= 15 is 0 Å². The number of methoxy groups -OCH3 is 1. The van der Waals surface area contributed by atoms with Gasteiger partial charge in [0, 0.05) is 45.6 Å². The van der Waals surface area contributed by atoms with Crippen LogP contribution in [0.15, 0.2) is 0 Å². The van der Waals surface area contributed by atoms with Crippen molar-refractivity contribution in [2.24, 2.45) is 5.92 Å². The average Bonchev–Trinajstić information content (AvgIpc) is 2.94. The van der Waals surface area contributed by atoms with Gasteiger partial charge in [0.15, 0.2) is 5.79 Å².